The van der Waals surface area contributed by atoms with E-state index >= 15 is 0 Å². The Labute approximate surface area is 112 Å². The highest BCUT2D eigenvalue weighted by atomic mass is 16.7. The summed E-state index contributed by atoms with van der Waals surface area (Å²) < 4.78 is 19.3. The maximum atomic E-state index is 11.0. The minimum absolute atomic E-state index is 0.418. The van der Waals surface area contributed by atoms with E-state index in [0.29, 0.717) is 0 Å². The molecule has 0 radical (unpaired) electrons. The van der Waals surface area contributed by atoms with Crippen molar-refractivity contribution in [2.75, 3.05) is 28.4 Å². The number of carbonyl (C=O) groups excluding carboxylic acids is 2. The van der Waals surface area contributed by atoms with E-state index in [9.17, 15) is 9.59 Å². The van der Waals surface area contributed by atoms with Crippen LogP contribution in [0.15, 0.2) is 12.2 Å². The van der Waals surface area contributed by atoms with Crippen molar-refractivity contribution in [2.24, 2.45) is 5.92 Å². The molecule has 0 fully saturated rings. The lowest BCUT2D eigenvalue weighted by atomic mass is 10.00. The van der Waals surface area contributed by atoms with E-state index in [4.69, 9.17) is 9.47 Å². The fourth-order valence-electron chi connectivity index (χ4n) is 1.28. The molecule has 0 saturated heterocycles. The van der Waals surface area contributed by atoms with Gasteiger partial charge in [0.15, 0.2) is 0 Å². The number of methoxy groups -OCH3 is 4. The molecule has 0 aromatic carbocycles. The first kappa shape index (κ1) is 17.2. The van der Waals surface area contributed by atoms with Crippen molar-refractivity contribution in [3.8, 4) is 11.8 Å². The van der Waals surface area contributed by atoms with Gasteiger partial charge in [0.25, 0.3) is 0 Å². The third-order valence-corrected chi connectivity index (χ3v) is 2.45. The molecule has 0 aromatic heterocycles. The summed E-state index contributed by atoms with van der Waals surface area (Å²) in [6, 6.07) is 0. The van der Waals surface area contributed by atoms with E-state index in [1.54, 1.807) is 6.92 Å². The predicted molar refractivity (Wildman–Crippen MR) is 66.9 cm³/mol. The number of hydrogen-bond donors (Lipinski definition) is 0. The number of rotatable bonds is 5. The van der Waals surface area contributed by atoms with Crippen LogP contribution in [-0.2, 0) is 28.5 Å². The van der Waals surface area contributed by atoms with Gasteiger partial charge in [0.05, 0.1) is 14.2 Å². The van der Waals surface area contributed by atoms with Crippen LogP contribution in [-0.4, -0.2) is 46.2 Å². The van der Waals surface area contributed by atoms with Gasteiger partial charge in [0.2, 0.25) is 5.79 Å². The Bertz CT molecular complexity index is 397. The van der Waals surface area contributed by atoms with Crippen LogP contribution in [0.5, 0.6) is 0 Å². The lowest BCUT2D eigenvalue weighted by Gasteiger charge is -2.29. The molecule has 0 aromatic rings. The molecule has 0 aliphatic rings. The van der Waals surface area contributed by atoms with Gasteiger partial charge in [-0.15, -0.1) is 0 Å². The molecular formula is C13H18O6. The molecule has 0 amide bonds. The lowest BCUT2D eigenvalue weighted by molar-refractivity contribution is -0.183. The summed E-state index contributed by atoms with van der Waals surface area (Å²) in [7, 11) is 5.27. The van der Waals surface area contributed by atoms with Crippen molar-refractivity contribution in [3.05, 3.63) is 12.2 Å². The first-order valence-corrected chi connectivity index (χ1v) is 5.43. The van der Waals surface area contributed by atoms with E-state index in [1.807, 2.05) is 0 Å². The van der Waals surface area contributed by atoms with Gasteiger partial charge >= 0.3 is 11.9 Å². The largest absolute Gasteiger partial charge is 0.466 e. The van der Waals surface area contributed by atoms with Gasteiger partial charge < -0.3 is 18.9 Å². The Morgan fingerprint density at radius 2 is 1.68 bits per heavy atom. The zero-order chi connectivity index (χ0) is 14.9. The van der Waals surface area contributed by atoms with Crippen LogP contribution in [0.3, 0.4) is 0 Å². The van der Waals surface area contributed by atoms with Gasteiger partial charge in [0.1, 0.15) is 0 Å². The van der Waals surface area contributed by atoms with Gasteiger partial charge in [-0.1, -0.05) is 13.0 Å². The lowest BCUT2D eigenvalue weighted by Crippen LogP contribution is -2.38. The highest BCUT2D eigenvalue weighted by Gasteiger charge is 2.33. The third-order valence-electron chi connectivity index (χ3n) is 2.45. The predicted octanol–water partition coefficient (Wildman–Crippen LogP) is 0.517. The topological polar surface area (TPSA) is 71.1 Å². The fourth-order valence-corrected chi connectivity index (χ4v) is 1.28. The highest BCUT2D eigenvalue weighted by Crippen LogP contribution is 2.23. The molecule has 6 heteroatoms. The molecule has 0 rings (SSSR count). The highest BCUT2D eigenvalue weighted by molar-refractivity contribution is 5.88. The molecule has 0 saturated carbocycles. The summed E-state index contributed by atoms with van der Waals surface area (Å²) in [5.41, 5.74) is 0. The smallest absolute Gasteiger partial charge is 0.384 e. The Kier molecular flexibility index (Phi) is 7.49. The van der Waals surface area contributed by atoms with Gasteiger partial charge in [-0.25, -0.2) is 9.59 Å². The number of ether oxygens (including phenoxy) is 4. The minimum Gasteiger partial charge on any atom is -0.466 e. The summed E-state index contributed by atoms with van der Waals surface area (Å²) in [6.07, 6.45) is 2.75. The molecule has 19 heavy (non-hydrogen) atoms. The summed E-state index contributed by atoms with van der Waals surface area (Å²) in [5.74, 6) is 1.82. The van der Waals surface area contributed by atoms with Crippen molar-refractivity contribution in [1.29, 1.82) is 0 Å². The fraction of sp³-hybridized carbons (Fsp3) is 0.538. The van der Waals surface area contributed by atoms with Gasteiger partial charge in [-0.3, -0.25) is 0 Å². The average molecular weight is 270 g/mol. The molecular weight excluding hydrogens is 252 g/mol. The number of esters is 2. The first-order chi connectivity index (χ1) is 8.95. The van der Waals surface area contributed by atoms with E-state index in [-0.39, 0.29) is 0 Å². The van der Waals surface area contributed by atoms with Gasteiger partial charge in [-0.2, -0.15) is 0 Å². The van der Waals surface area contributed by atoms with Crippen LogP contribution in [0.4, 0.5) is 0 Å². The SMILES string of the molecule is COC(=O)C#CC(OC)(OC)C(C)/C=C\C(=O)OC. The van der Waals surface area contributed by atoms with E-state index in [1.165, 1.54) is 40.6 Å². The molecule has 1 unspecified atom stereocenters. The van der Waals surface area contributed by atoms with Crippen LogP contribution < -0.4 is 0 Å². The summed E-state index contributed by atoms with van der Waals surface area (Å²) in [6.45, 7) is 1.72. The van der Waals surface area contributed by atoms with Crippen molar-refractivity contribution >= 4 is 11.9 Å². The quantitative estimate of drug-likeness (QED) is 0.238. The van der Waals surface area contributed by atoms with Crippen LogP contribution in [0.2, 0.25) is 0 Å². The third kappa shape index (κ3) is 5.12. The van der Waals surface area contributed by atoms with Gasteiger partial charge in [0, 0.05) is 32.1 Å². The van der Waals surface area contributed by atoms with Gasteiger partial charge in [-0.05, 0) is 5.92 Å². The molecule has 0 bridgehead atoms. The van der Waals surface area contributed by atoms with Crippen molar-refractivity contribution in [1.82, 2.24) is 0 Å². The van der Waals surface area contributed by atoms with Crippen molar-refractivity contribution < 1.29 is 28.5 Å². The van der Waals surface area contributed by atoms with Crippen molar-refractivity contribution in [2.45, 2.75) is 12.7 Å². The van der Waals surface area contributed by atoms with E-state index in [0.717, 1.165) is 0 Å². The molecule has 0 aliphatic heterocycles. The second-order valence-corrected chi connectivity index (χ2v) is 3.49. The monoisotopic (exact) mass is 270 g/mol. The number of carbonyl (C=O) groups is 2. The minimum atomic E-state index is -1.35. The normalized spacial score (nSPS) is 12.5. The maximum Gasteiger partial charge on any atom is 0.384 e. The maximum absolute atomic E-state index is 11.0. The Morgan fingerprint density at radius 3 is 2.11 bits per heavy atom. The molecule has 0 heterocycles. The molecule has 6 nitrogen and oxygen atoms in total. The molecule has 106 valence electrons. The Morgan fingerprint density at radius 1 is 1.11 bits per heavy atom. The Hall–Kier alpha value is -1.84. The summed E-state index contributed by atoms with van der Waals surface area (Å²) in [5, 5.41) is 0. The molecule has 0 spiro atoms. The molecule has 1 atom stereocenters. The molecule has 0 aliphatic carbocycles. The standard InChI is InChI=1S/C13H18O6/c1-10(6-7-11(14)16-2)13(18-4,19-5)9-8-12(15)17-3/h6-7,10H,1-5H3/b7-6-. The second-order valence-electron chi connectivity index (χ2n) is 3.49. The zero-order valence-electron chi connectivity index (χ0n) is 11.7. The summed E-state index contributed by atoms with van der Waals surface area (Å²) >= 11 is 0. The number of hydrogen-bond acceptors (Lipinski definition) is 6. The second kappa shape index (κ2) is 8.29. The van der Waals surface area contributed by atoms with Crippen LogP contribution in [0.1, 0.15) is 6.92 Å². The summed E-state index contributed by atoms with van der Waals surface area (Å²) in [4.78, 5) is 22.1. The van der Waals surface area contributed by atoms with Crippen LogP contribution in [0.25, 0.3) is 0 Å². The molecule has 0 N–H and O–H groups in total. The zero-order valence-corrected chi connectivity index (χ0v) is 11.7. The van der Waals surface area contributed by atoms with E-state index < -0.39 is 23.6 Å². The van der Waals surface area contributed by atoms with Crippen LogP contribution in [0, 0.1) is 17.8 Å². The average Bonchev–Trinajstić information content (AvgIpc) is 2.45. The van der Waals surface area contributed by atoms with E-state index in [2.05, 4.69) is 21.3 Å². The first-order valence-electron chi connectivity index (χ1n) is 5.43. The van der Waals surface area contributed by atoms with Crippen LogP contribution >= 0.6 is 0 Å². The Balaban J connectivity index is 5.15. The van der Waals surface area contributed by atoms with Crippen molar-refractivity contribution in [3.63, 3.8) is 0 Å².